The van der Waals surface area contributed by atoms with Crippen molar-refractivity contribution in [3.8, 4) is 0 Å². The minimum absolute atomic E-state index is 0.00464. The fourth-order valence-electron chi connectivity index (χ4n) is 3.05. The van der Waals surface area contributed by atoms with Gasteiger partial charge < -0.3 is 10.4 Å². The number of nitrogens with one attached hydrogen (secondary N) is 1. The van der Waals surface area contributed by atoms with E-state index in [1.165, 1.54) is 13.1 Å². The SMILES string of the molecule is CCCS(=O)(=O)N(C)c1cccc(C(=O)N[C@@H](Cc2ccccc2)[C@H](O)CN=[N+]=[N-])c1. The zero-order chi connectivity index (χ0) is 22.9. The van der Waals surface area contributed by atoms with Gasteiger partial charge >= 0.3 is 0 Å². The highest BCUT2D eigenvalue weighted by Crippen LogP contribution is 2.19. The van der Waals surface area contributed by atoms with Crippen molar-refractivity contribution in [2.24, 2.45) is 5.11 Å². The fraction of sp³-hybridized carbons (Fsp3) is 0.381. The highest BCUT2D eigenvalue weighted by atomic mass is 32.2. The molecule has 0 fully saturated rings. The molecule has 166 valence electrons. The molecule has 0 radical (unpaired) electrons. The average Bonchev–Trinajstić information content (AvgIpc) is 2.77. The van der Waals surface area contributed by atoms with Crippen molar-refractivity contribution >= 4 is 21.6 Å². The predicted molar refractivity (Wildman–Crippen MR) is 120 cm³/mol. The largest absolute Gasteiger partial charge is 0.391 e. The van der Waals surface area contributed by atoms with E-state index in [9.17, 15) is 18.3 Å². The van der Waals surface area contributed by atoms with E-state index >= 15 is 0 Å². The molecule has 2 rings (SSSR count). The van der Waals surface area contributed by atoms with E-state index in [0.717, 1.165) is 9.87 Å². The molecule has 0 aromatic heterocycles. The van der Waals surface area contributed by atoms with Gasteiger partial charge in [-0.15, -0.1) is 0 Å². The van der Waals surface area contributed by atoms with Gasteiger partial charge in [0.25, 0.3) is 5.91 Å². The summed E-state index contributed by atoms with van der Waals surface area (Å²) in [6.45, 7) is 1.59. The van der Waals surface area contributed by atoms with Crippen LogP contribution in [0, 0.1) is 0 Å². The third-order valence-corrected chi connectivity index (χ3v) is 6.73. The number of rotatable bonds is 11. The van der Waals surface area contributed by atoms with Crippen LogP contribution in [0.25, 0.3) is 10.4 Å². The number of sulfonamides is 1. The molecule has 0 aliphatic heterocycles. The molecule has 0 spiro atoms. The molecular weight excluding hydrogens is 418 g/mol. The molecule has 0 aliphatic rings. The number of nitrogens with zero attached hydrogens (tertiary/aromatic N) is 4. The minimum atomic E-state index is -3.48. The summed E-state index contributed by atoms with van der Waals surface area (Å²) >= 11 is 0. The summed E-state index contributed by atoms with van der Waals surface area (Å²) in [6, 6.07) is 14.9. The van der Waals surface area contributed by atoms with Crippen molar-refractivity contribution in [2.45, 2.75) is 31.9 Å². The third-order valence-electron chi connectivity index (χ3n) is 4.76. The second-order valence-electron chi connectivity index (χ2n) is 7.08. The van der Waals surface area contributed by atoms with Gasteiger partial charge in [-0.05, 0) is 42.1 Å². The molecule has 0 saturated heterocycles. The van der Waals surface area contributed by atoms with Crippen LogP contribution in [0.5, 0.6) is 0 Å². The highest BCUT2D eigenvalue weighted by Gasteiger charge is 2.23. The summed E-state index contributed by atoms with van der Waals surface area (Å²) in [5.41, 5.74) is 10.1. The monoisotopic (exact) mass is 445 g/mol. The average molecular weight is 446 g/mol. The van der Waals surface area contributed by atoms with E-state index in [1.54, 1.807) is 25.1 Å². The summed E-state index contributed by atoms with van der Waals surface area (Å²) in [5.74, 6) is -0.464. The van der Waals surface area contributed by atoms with Gasteiger partial charge in [0.15, 0.2) is 0 Å². The fourth-order valence-corrected chi connectivity index (χ4v) is 4.27. The molecule has 2 aromatic carbocycles. The number of hydrogen-bond donors (Lipinski definition) is 2. The van der Waals surface area contributed by atoms with Crippen LogP contribution in [-0.2, 0) is 16.4 Å². The highest BCUT2D eigenvalue weighted by molar-refractivity contribution is 7.92. The van der Waals surface area contributed by atoms with E-state index in [2.05, 4.69) is 15.3 Å². The van der Waals surface area contributed by atoms with Gasteiger partial charge in [0.2, 0.25) is 10.0 Å². The zero-order valence-corrected chi connectivity index (χ0v) is 18.4. The lowest BCUT2D eigenvalue weighted by atomic mass is 10.0. The molecule has 2 atom stereocenters. The van der Waals surface area contributed by atoms with Crippen LogP contribution in [0.3, 0.4) is 0 Å². The second-order valence-corrected chi connectivity index (χ2v) is 9.20. The Labute approximate surface area is 182 Å². The molecule has 0 heterocycles. The van der Waals surface area contributed by atoms with Crippen molar-refractivity contribution in [2.75, 3.05) is 23.7 Å². The Morgan fingerprint density at radius 2 is 1.94 bits per heavy atom. The predicted octanol–water partition coefficient (Wildman–Crippen LogP) is 2.87. The molecule has 9 nitrogen and oxygen atoms in total. The van der Waals surface area contributed by atoms with Crippen LogP contribution >= 0.6 is 0 Å². The lowest BCUT2D eigenvalue weighted by Crippen LogP contribution is -2.46. The lowest BCUT2D eigenvalue weighted by Gasteiger charge is -2.24. The summed E-state index contributed by atoms with van der Waals surface area (Å²) in [6.07, 6.45) is -0.271. The smallest absolute Gasteiger partial charge is 0.251 e. The number of hydrogen-bond acceptors (Lipinski definition) is 5. The van der Waals surface area contributed by atoms with E-state index < -0.39 is 28.1 Å². The molecule has 0 unspecified atom stereocenters. The van der Waals surface area contributed by atoms with Gasteiger partial charge in [-0.2, -0.15) is 0 Å². The van der Waals surface area contributed by atoms with Gasteiger partial charge in [0, 0.05) is 17.5 Å². The molecule has 1 amide bonds. The van der Waals surface area contributed by atoms with Crippen LogP contribution in [0.2, 0.25) is 0 Å². The van der Waals surface area contributed by atoms with Gasteiger partial charge in [-0.25, -0.2) is 8.42 Å². The Bertz CT molecular complexity index is 1020. The quantitative estimate of drug-likeness (QED) is 0.312. The van der Waals surface area contributed by atoms with E-state index in [4.69, 9.17) is 5.53 Å². The number of anilines is 1. The number of amides is 1. The maximum Gasteiger partial charge on any atom is 0.251 e. The van der Waals surface area contributed by atoms with E-state index in [1.807, 2.05) is 30.3 Å². The first-order valence-corrected chi connectivity index (χ1v) is 11.5. The topological polar surface area (TPSA) is 135 Å². The molecule has 0 bridgehead atoms. The molecule has 2 aromatic rings. The van der Waals surface area contributed by atoms with Crippen molar-refractivity contribution < 1.29 is 18.3 Å². The van der Waals surface area contributed by atoms with Crippen LogP contribution in [0.4, 0.5) is 5.69 Å². The number of carbonyl (C=O) groups is 1. The first kappa shape index (κ1) is 24.2. The van der Waals surface area contributed by atoms with E-state index in [-0.39, 0.29) is 17.9 Å². The van der Waals surface area contributed by atoms with Gasteiger partial charge in [0.05, 0.1) is 30.1 Å². The first-order chi connectivity index (χ1) is 14.8. The number of aliphatic hydroxyl groups excluding tert-OH is 1. The van der Waals surface area contributed by atoms with Gasteiger partial charge in [-0.1, -0.05) is 48.4 Å². The lowest BCUT2D eigenvalue weighted by molar-refractivity contribution is 0.0845. The van der Waals surface area contributed by atoms with Crippen LogP contribution < -0.4 is 9.62 Å². The third kappa shape index (κ3) is 6.99. The zero-order valence-electron chi connectivity index (χ0n) is 17.5. The molecule has 0 aliphatic carbocycles. The van der Waals surface area contributed by atoms with E-state index in [0.29, 0.717) is 18.5 Å². The Hall–Kier alpha value is -3.07. The normalized spacial score (nSPS) is 13.0. The number of benzene rings is 2. The molecular formula is C21H27N5O4S. The summed E-state index contributed by atoms with van der Waals surface area (Å²) < 4.78 is 25.8. The molecule has 2 N–H and O–H groups in total. The second kappa shape index (κ2) is 11.4. The minimum Gasteiger partial charge on any atom is -0.391 e. The van der Waals surface area contributed by atoms with Crippen molar-refractivity contribution in [1.29, 1.82) is 0 Å². The summed E-state index contributed by atoms with van der Waals surface area (Å²) in [7, 11) is -2.03. The van der Waals surface area contributed by atoms with Crippen LogP contribution in [0.15, 0.2) is 59.7 Å². The Balaban J connectivity index is 2.23. The maximum atomic E-state index is 12.9. The van der Waals surface area contributed by atoms with Crippen molar-refractivity contribution in [3.63, 3.8) is 0 Å². The van der Waals surface area contributed by atoms with Gasteiger partial charge in [-0.3, -0.25) is 9.10 Å². The number of azide groups is 1. The van der Waals surface area contributed by atoms with Crippen LogP contribution in [0.1, 0.15) is 29.3 Å². The standard InChI is InChI=1S/C21H27N5O4S/c1-3-12-31(29,30)26(2)18-11-7-10-17(14-18)21(28)24-19(20(27)15-23-25-22)13-16-8-5-4-6-9-16/h4-11,14,19-20,27H,3,12-13,15H2,1-2H3,(H,24,28)/t19-,20+/m0/s1. The Morgan fingerprint density at radius 1 is 1.23 bits per heavy atom. The summed E-state index contributed by atoms with van der Waals surface area (Å²) in [4.78, 5) is 15.5. The number of aliphatic hydroxyl groups is 1. The van der Waals surface area contributed by atoms with Crippen molar-refractivity contribution in [1.82, 2.24) is 5.32 Å². The molecule has 10 heteroatoms. The number of carbonyl (C=O) groups excluding carboxylic acids is 1. The maximum absolute atomic E-state index is 12.9. The van der Waals surface area contributed by atoms with Gasteiger partial charge in [0.1, 0.15) is 0 Å². The molecule has 0 saturated carbocycles. The summed E-state index contributed by atoms with van der Waals surface area (Å²) in [5, 5.41) is 16.6. The molecule has 31 heavy (non-hydrogen) atoms. The first-order valence-electron chi connectivity index (χ1n) is 9.89. The Morgan fingerprint density at radius 3 is 2.58 bits per heavy atom. The van der Waals surface area contributed by atoms with Crippen LogP contribution in [-0.4, -0.2) is 50.9 Å². The van der Waals surface area contributed by atoms with Crippen molar-refractivity contribution in [3.05, 3.63) is 76.2 Å². The Kier molecular flexibility index (Phi) is 8.87.